The van der Waals surface area contributed by atoms with Crippen LogP contribution in [0.3, 0.4) is 0 Å². The normalized spacial score (nSPS) is 10.5. The number of aromatic amines is 1. The molecule has 0 bridgehead atoms. The molecule has 2 aromatic carbocycles. The van der Waals surface area contributed by atoms with Gasteiger partial charge in [0.25, 0.3) is 0 Å². The number of esters is 2. The summed E-state index contributed by atoms with van der Waals surface area (Å²) in [4.78, 5) is 25.3. The van der Waals surface area contributed by atoms with Gasteiger partial charge in [-0.05, 0) is 54.1 Å². The quantitative estimate of drug-likeness (QED) is 0.592. The third-order valence-corrected chi connectivity index (χ3v) is 3.28. The Labute approximate surface area is 132 Å². The van der Waals surface area contributed by atoms with Crippen LogP contribution >= 0.6 is 0 Å². The molecule has 0 saturated heterocycles. The van der Waals surface area contributed by atoms with Gasteiger partial charge in [-0.2, -0.15) is 0 Å². The third-order valence-electron chi connectivity index (χ3n) is 3.28. The van der Waals surface area contributed by atoms with Crippen molar-refractivity contribution in [2.45, 2.75) is 13.8 Å². The summed E-state index contributed by atoms with van der Waals surface area (Å²) in [7, 11) is 0. The fourth-order valence-corrected chi connectivity index (χ4v) is 2.36. The van der Waals surface area contributed by atoms with E-state index in [1.807, 2.05) is 30.3 Å². The van der Waals surface area contributed by atoms with E-state index in [1.165, 1.54) is 13.8 Å². The zero-order chi connectivity index (χ0) is 16.4. The van der Waals surface area contributed by atoms with Gasteiger partial charge >= 0.3 is 11.9 Å². The van der Waals surface area contributed by atoms with Crippen molar-refractivity contribution in [2.75, 3.05) is 0 Å². The van der Waals surface area contributed by atoms with Crippen LogP contribution in [-0.4, -0.2) is 16.9 Å². The second-order valence-electron chi connectivity index (χ2n) is 5.14. The van der Waals surface area contributed by atoms with E-state index in [0.717, 1.165) is 22.2 Å². The Morgan fingerprint density at radius 3 is 2.09 bits per heavy atom. The molecule has 1 aromatic heterocycles. The summed E-state index contributed by atoms with van der Waals surface area (Å²) in [6.45, 7) is 2.74. The SMILES string of the molecule is CC(=O)Oc1ccc(-c2cc3cc(OC(C)=O)ccc3[nH]2)cc1. The fraction of sp³-hybridized carbons (Fsp3) is 0.111. The smallest absolute Gasteiger partial charge is 0.308 e. The molecule has 23 heavy (non-hydrogen) atoms. The lowest BCUT2D eigenvalue weighted by Crippen LogP contribution is -2.00. The van der Waals surface area contributed by atoms with Gasteiger partial charge in [0, 0.05) is 30.4 Å². The first kappa shape index (κ1) is 14.8. The highest BCUT2D eigenvalue weighted by molar-refractivity contribution is 5.87. The molecule has 0 aliphatic rings. The molecule has 5 heteroatoms. The molecular formula is C18H15NO4. The second kappa shape index (κ2) is 5.96. The average Bonchev–Trinajstić information content (AvgIpc) is 2.90. The van der Waals surface area contributed by atoms with E-state index in [4.69, 9.17) is 9.47 Å². The first-order valence-electron chi connectivity index (χ1n) is 7.11. The molecule has 0 fully saturated rings. The fourth-order valence-electron chi connectivity index (χ4n) is 2.36. The Morgan fingerprint density at radius 1 is 0.826 bits per heavy atom. The van der Waals surface area contributed by atoms with Crippen LogP contribution in [0.2, 0.25) is 0 Å². The van der Waals surface area contributed by atoms with Crippen LogP contribution in [0.5, 0.6) is 11.5 Å². The lowest BCUT2D eigenvalue weighted by Gasteiger charge is -2.02. The topological polar surface area (TPSA) is 68.4 Å². The Hall–Kier alpha value is -3.08. The average molecular weight is 309 g/mol. The van der Waals surface area contributed by atoms with Gasteiger partial charge in [0.15, 0.2) is 0 Å². The van der Waals surface area contributed by atoms with E-state index in [2.05, 4.69) is 4.98 Å². The van der Waals surface area contributed by atoms with Crippen LogP contribution in [0, 0.1) is 0 Å². The van der Waals surface area contributed by atoms with Crippen LogP contribution in [0.4, 0.5) is 0 Å². The summed E-state index contributed by atoms with van der Waals surface area (Å²) >= 11 is 0. The van der Waals surface area contributed by atoms with E-state index in [0.29, 0.717) is 11.5 Å². The van der Waals surface area contributed by atoms with Crippen molar-refractivity contribution in [3.05, 3.63) is 48.5 Å². The molecule has 0 atom stereocenters. The standard InChI is InChI=1S/C18H15NO4/c1-11(20)22-15-5-3-13(4-6-15)18-10-14-9-16(23-12(2)21)7-8-17(14)19-18/h3-10,19H,1-2H3. The van der Waals surface area contributed by atoms with Gasteiger partial charge in [-0.3, -0.25) is 9.59 Å². The maximum Gasteiger partial charge on any atom is 0.308 e. The van der Waals surface area contributed by atoms with Crippen LogP contribution < -0.4 is 9.47 Å². The molecule has 1 N–H and O–H groups in total. The number of nitrogens with one attached hydrogen (secondary N) is 1. The minimum absolute atomic E-state index is 0.346. The molecule has 3 aromatic rings. The molecule has 3 rings (SSSR count). The molecule has 1 heterocycles. The number of H-pyrrole nitrogens is 1. The van der Waals surface area contributed by atoms with Crippen LogP contribution in [0.1, 0.15) is 13.8 Å². The maximum absolute atomic E-state index is 11.0. The largest absolute Gasteiger partial charge is 0.427 e. The van der Waals surface area contributed by atoms with Gasteiger partial charge in [-0.1, -0.05) is 0 Å². The number of hydrogen-bond donors (Lipinski definition) is 1. The van der Waals surface area contributed by atoms with Crippen molar-refractivity contribution in [1.29, 1.82) is 0 Å². The summed E-state index contributed by atoms with van der Waals surface area (Å²) in [5.41, 5.74) is 2.83. The predicted molar refractivity (Wildman–Crippen MR) is 86.4 cm³/mol. The number of hydrogen-bond acceptors (Lipinski definition) is 4. The van der Waals surface area contributed by atoms with Crippen LogP contribution in [0.25, 0.3) is 22.2 Å². The molecule has 116 valence electrons. The highest BCUT2D eigenvalue weighted by Crippen LogP contribution is 2.28. The van der Waals surface area contributed by atoms with Gasteiger partial charge in [-0.25, -0.2) is 0 Å². The summed E-state index contributed by atoms with van der Waals surface area (Å²) in [5.74, 6) is 0.331. The molecule has 0 aliphatic heterocycles. The minimum atomic E-state index is -0.346. The molecule has 0 saturated carbocycles. The molecule has 5 nitrogen and oxygen atoms in total. The maximum atomic E-state index is 11.0. The van der Waals surface area contributed by atoms with Gasteiger partial charge in [0.1, 0.15) is 11.5 Å². The zero-order valence-corrected chi connectivity index (χ0v) is 12.8. The van der Waals surface area contributed by atoms with Crippen molar-refractivity contribution in [1.82, 2.24) is 4.98 Å². The van der Waals surface area contributed by atoms with Crippen LogP contribution in [0.15, 0.2) is 48.5 Å². The summed E-state index contributed by atoms with van der Waals surface area (Å²) in [6.07, 6.45) is 0. The second-order valence-corrected chi connectivity index (χ2v) is 5.14. The van der Waals surface area contributed by atoms with Crippen molar-refractivity contribution in [2.24, 2.45) is 0 Å². The number of aromatic nitrogens is 1. The monoisotopic (exact) mass is 309 g/mol. The predicted octanol–water partition coefficient (Wildman–Crippen LogP) is 3.69. The lowest BCUT2D eigenvalue weighted by molar-refractivity contribution is -0.132. The zero-order valence-electron chi connectivity index (χ0n) is 12.8. The van der Waals surface area contributed by atoms with Gasteiger partial charge in [0.05, 0.1) is 0 Å². The van der Waals surface area contributed by atoms with Crippen LogP contribution in [-0.2, 0) is 9.59 Å². The molecule has 0 radical (unpaired) electrons. The van der Waals surface area contributed by atoms with Gasteiger partial charge < -0.3 is 14.5 Å². The number of ether oxygens (including phenoxy) is 2. The van der Waals surface area contributed by atoms with E-state index in [1.54, 1.807) is 18.2 Å². The lowest BCUT2D eigenvalue weighted by atomic mass is 10.1. The number of rotatable bonds is 3. The van der Waals surface area contributed by atoms with E-state index < -0.39 is 0 Å². The van der Waals surface area contributed by atoms with Crippen molar-refractivity contribution in [3.8, 4) is 22.8 Å². The van der Waals surface area contributed by atoms with E-state index in [9.17, 15) is 9.59 Å². The van der Waals surface area contributed by atoms with E-state index in [-0.39, 0.29) is 11.9 Å². The number of carbonyl (C=O) groups excluding carboxylic acids is 2. The highest BCUT2D eigenvalue weighted by Gasteiger charge is 2.06. The van der Waals surface area contributed by atoms with Crippen molar-refractivity contribution in [3.63, 3.8) is 0 Å². The first-order chi connectivity index (χ1) is 11.0. The molecule has 0 spiro atoms. The molecule has 0 unspecified atom stereocenters. The van der Waals surface area contributed by atoms with Crippen molar-refractivity contribution < 1.29 is 19.1 Å². The highest BCUT2D eigenvalue weighted by atomic mass is 16.5. The Bertz CT molecular complexity index is 878. The molecular weight excluding hydrogens is 294 g/mol. The Balaban J connectivity index is 1.90. The Morgan fingerprint density at radius 2 is 1.43 bits per heavy atom. The summed E-state index contributed by atoms with van der Waals surface area (Å²) in [6, 6.07) is 14.6. The van der Waals surface area contributed by atoms with Crippen molar-refractivity contribution >= 4 is 22.8 Å². The first-order valence-corrected chi connectivity index (χ1v) is 7.11. The Kier molecular flexibility index (Phi) is 3.85. The third kappa shape index (κ3) is 3.40. The summed E-state index contributed by atoms with van der Waals surface area (Å²) < 4.78 is 10.1. The molecule has 0 aliphatic carbocycles. The van der Waals surface area contributed by atoms with Gasteiger partial charge in [-0.15, -0.1) is 0 Å². The molecule has 0 amide bonds. The number of fused-ring (bicyclic) bond motifs is 1. The van der Waals surface area contributed by atoms with E-state index >= 15 is 0 Å². The minimum Gasteiger partial charge on any atom is -0.427 e. The number of benzene rings is 2. The van der Waals surface area contributed by atoms with Gasteiger partial charge in [0.2, 0.25) is 0 Å². The summed E-state index contributed by atoms with van der Waals surface area (Å²) in [5, 5.41) is 0.947. The number of carbonyl (C=O) groups is 2.